The van der Waals surface area contributed by atoms with Gasteiger partial charge in [-0.25, -0.2) is 0 Å². The zero-order valence-corrected chi connectivity index (χ0v) is 14.4. The molecule has 5 nitrogen and oxygen atoms in total. The van der Waals surface area contributed by atoms with Crippen LogP contribution in [0.4, 0.5) is 18.9 Å². The second-order valence-corrected chi connectivity index (χ2v) is 5.98. The molecule has 0 fully saturated rings. The van der Waals surface area contributed by atoms with Crippen LogP contribution in [0.3, 0.4) is 0 Å². The van der Waals surface area contributed by atoms with Crippen molar-refractivity contribution in [2.24, 2.45) is 0 Å². The summed E-state index contributed by atoms with van der Waals surface area (Å²) in [5.74, 6) is -1.36. The summed E-state index contributed by atoms with van der Waals surface area (Å²) in [6.07, 6.45) is -4.79. The van der Waals surface area contributed by atoms with Crippen molar-refractivity contribution in [1.82, 2.24) is 4.90 Å². The minimum absolute atomic E-state index is 0.0656. The summed E-state index contributed by atoms with van der Waals surface area (Å²) in [7, 11) is 1.37. The Morgan fingerprint density at radius 3 is 2.07 bits per heavy atom. The number of alkyl halides is 3. The van der Waals surface area contributed by atoms with E-state index in [4.69, 9.17) is 0 Å². The van der Waals surface area contributed by atoms with Crippen LogP contribution < -0.4 is 10.1 Å². The van der Waals surface area contributed by atoms with Gasteiger partial charge in [0.2, 0.25) is 0 Å². The van der Waals surface area contributed by atoms with E-state index in [0.29, 0.717) is 11.3 Å². The molecule has 0 saturated heterocycles. The lowest BCUT2D eigenvalue weighted by atomic mass is 10.0. The predicted molar refractivity (Wildman–Crippen MR) is 92.6 cm³/mol. The molecule has 0 aliphatic carbocycles. The van der Waals surface area contributed by atoms with Crippen molar-refractivity contribution in [2.75, 3.05) is 12.4 Å². The average Bonchev–Trinajstić information content (AvgIpc) is 2.80. The molecule has 0 spiro atoms. The van der Waals surface area contributed by atoms with E-state index in [0.717, 1.165) is 22.6 Å². The summed E-state index contributed by atoms with van der Waals surface area (Å²) in [4.78, 5) is 25.9. The molecule has 1 N–H and O–H groups in total. The molecule has 0 bridgehead atoms. The molecule has 0 radical (unpaired) electrons. The van der Waals surface area contributed by atoms with E-state index in [1.807, 2.05) is 19.1 Å². The minimum Gasteiger partial charge on any atom is -0.406 e. The minimum atomic E-state index is -4.79. The number of carbonyl (C=O) groups is 2. The molecule has 0 aromatic heterocycles. The molecule has 2 aromatic rings. The van der Waals surface area contributed by atoms with E-state index in [-0.39, 0.29) is 17.0 Å². The number of anilines is 1. The normalized spacial score (nSPS) is 14.8. The van der Waals surface area contributed by atoms with Gasteiger partial charge < -0.3 is 10.1 Å². The second kappa shape index (κ2) is 6.79. The van der Waals surface area contributed by atoms with E-state index in [1.54, 1.807) is 12.1 Å². The number of carbonyl (C=O) groups excluding carboxylic acids is 2. The highest BCUT2D eigenvalue weighted by Crippen LogP contribution is 2.30. The largest absolute Gasteiger partial charge is 0.573 e. The lowest BCUT2D eigenvalue weighted by molar-refractivity contribution is -0.274. The fourth-order valence-electron chi connectivity index (χ4n) is 2.63. The standard InChI is InChI=1S/C19H15F3N2O3/c1-11-3-5-12(6-4-11)15-16(18(26)24(2)17(15)25)23-13-7-9-14(10-8-13)27-19(20,21)22/h3-10,23H,1-2H3. The van der Waals surface area contributed by atoms with Crippen molar-refractivity contribution in [1.29, 1.82) is 0 Å². The van der Waals surface area contributed by atoms with Crippen molar-refractivity contribution >= 4 is 23.1 Å². The van der Waals surface area contributed by atoms with Crippen LogP contribution in [0, 0.1) is 6.92 Å². The van der Waals surface area contributed by atoms with Crippen LogP contribution in [-0.4, -0.2) is 30.1 Å². The molecule has 27 heavy (non-hydrogen) atoms. The van der Waals surface area contributed by atoms with Crippen molar-refractivity contribution < 1.29 is 27.5 Å². The molecule has 0 saturated carbocycles. The first-order valence-corrected chi connectivity index (χ1v) is 7.92. The average molecular weight is 376 g/mol. The Balaban J connectivity index is 1.93. The Bertz CT molecular complexity index is 917. The first-order valence-electron chi connectivity index (χ1n) is 7.92. The third kappa shape index (κ3) is 3.94. The number of nitrogens with zero attached hydrogens (tertiary/aromatic N) is 1. The second-order valence-electron chi connectivity index (χ2n) is 5.98. The maximum absolute atomic E-state index is 12.5. The Labute approximate surface area is 153 Å². The number of benzene rings is 2. The summed E-state index contributed by atoms with van der Waals surface area (Å²) >= 11 is 0. The lowest BCUT2D eigenvalue weighted by Gasteiger charge is -2.11. The molecular weight excluding hydrogens is 361 g/mol. The first kappa shape index (κ1) is 18.5. The molecule has 140 valence electrons. The Kier molecular flexibility index (Phi) is 4.65. The van der Waals surface area contributed by atoms with Gasteiger partial charge in [-0.15, -0.1) is 13.2 Å². The van der Waals surface area contributed by atoms with E-state index < -0.39 is 18.2 Å². The molecule has 3 rings (SSSR count). The van der Waals surface area contributed by atoms with Gasteiger partial charge in [-0.05, 0) is 36.8 Å². The number of nitrogens with one attached hydrogen (secondary N) is 1. The first-order chi connectivity index (χ1) is 12.7. The number of halogens is 3. The zero-order chi connectivity index (χ0) is 19.8. The fraction of sp³-hybridized carbons (Fsp3) is 0.158. The predicted octanol–water partition coefficient (Wildman–Crippen LogP) is 3.72. The van der Waals surface area contributed by atoms with Crippen molar-refractivity contribution in [3.05, 3.63) is 65.4 Å². The maximum Gasteiger partial charge on any atom is 0.573 e. The van der Waals surface area contributed by atoms with Gasteiger partial charge in [-0.2, -0.15) is 0 Å². The summed E-state index contributed by atoms with van der Waals surface area (Å²) < 4.78 is 40.5. The smallest absolute Gasteiger partial charge is 0.406 e. The Hall–Kier alpha value is -3.29. The number of aryl methyl sites for hydroxylation is 1. The van der Waals surface area contributed by atoms with E-state index in [9.17, 15) is 22.8 Å². The number of imide groups is 1. The number of hydrogen-bond donors (Lipinski definition) is 1. The maximum atomic E-state index is 12.5. The molecule has 0 atom stereocenters. The van der Waals surface area contributed by atoms with Gasteiger partial charge in [-0.3, -0.25) is 14.5 Å². The number of hydrogen-bond acceptors (Lipinski definition) is 4. The van der Waals surface area contributed by atoms with Crippen LogP contribution in [-0.2, 0) is 9.59 Å². The van der Waals surface area contributed by atoms with E-state index >= 15 is 0 Å². The summed E-state index contributed by atoms with van der Waals surface area (Å²) in [5.41, 5.74) is 2.19. The molecule has 1 aliphatic heterocycles. The van der Waals surface area contributed by atoms with Crippen LogP contribution in [0.1, 0.15) is 11.1 Å². The number of likely N-dealkylation sites (N-methyl/N-ethyl adjacent to an activating group) is 1. The third-order valence-electron chi connectivity index (χ3n) is 3.98. The topological polar surface area (TPSA) is 58.6 Å². The summed E-state index contributed by atoms with van der Waals surface area (Å²) in [5, 5.41) is 2.84. The van der Waals surface area contributed by atoms with Gasteiger partial charge >= 0.3 is 6.36 Å². The molecular formula is C19H15F3N2O3. The summed E-state index contributed by atoms with van der Waals surface area (Å²) in [6, 6.07) is 12.0. The Morgan fingerprint density at radius 2 is 1.52 bits per heavy atom. The van der Waals surface area contributed by atoms with E-state index in [1.165, 1.54) is 19.2 Å². The third-order valence-corrected chi connectivity index (χ3v) is 3.98. The fourth-order valence-corrected chi connectivity index (χ4v) is 2.63. The lowest BCUT2D eigenvalue weighted by Crippen LogP contribution is -2.27. The molecule has 2 aromatic carbocycles. The number of amides is 2. The van der Waals surface area contributed by atoms with Crippen LogP contribution in [0.25, 0.3) is 5.57 Å². The monoisotopic (exact) mass is 376 g/mol. The highest BCUT2D eigenvalue weighted by molar-refractivity contribution is 6.36. The number of ether oxygens (including phenoxy) is 1. The van der Waals surface area contributed by atoms with Crippen LogP contribution >= 0.6 is 0 Å². The quantitative estimate of drug-likeness (QED) is 0.827. The molecule has 2 amide bonds. The van der Waals surface area contributed by atoms with Crippen LogP contribution in [0.5, 0.6) is 5.75 Å². The van der Waals surface area contributed by atoms with Gasteiger partial charge in [0.1, 0.15) is 11.4 Å². The zero-order valence-electron chi connectivity index (χ0n) is 14.4. The number of rotatable bonds is 4. The van der Waals surface area contributed by atoms with Gasteiger partial charge in [0.05, 0.1) is 5.57 Å². The van der Waals surface area contributed by atoms with Crippen LogP contribution in [0.15, 0.2) is 54.2 Å². The van der Waals surface area contributed by atoms with Crippen molar-refractivity contribution in [3.63, 3.8) is 0 Å². The highest BCUT2D eigenvalue weighted by Gasteiger charge is 2.37. The van der Waals surface area contributed by atoms with Crippen molar-refractivity contribution in [2.45, 2.75) is 13.3 Å². The SMILES string of the molecule is Cc1ccc(C2=C(Nc3ccc(OC(F)(F)F)cc3)C(=O)N(C)C2=O)cc1. The van der Waals surface area contributed by atoms with Gasteiger partial charge in [0.15, 0.2) is 0 Å². The van der Waals surface area contributed by atoms with Crippen molar-refractivity contribution in [3.8, 4) is 5.75 Å². The van der Waals surface area contributed by atoms with Gasteiger partial charge in [-0.1, -0.05) is 29.8 Å². The molecule has 1 aliphatic rings. The van der Waals surface area contributed by atoms with E-state index in [2.05, 4.69) is 10.1 Å². The molecule has 1 heterocycles. The summed E-state index contributed by atoms with van der Waals surface area (Å²) in [6.45, 7) is 1.90. The Morgan fingerprint density at radius 1 is 0.926 bits per heavy atom. The molecule has 0 unspecified atom stereocenters. The van der Waals surface area contributed by atoms with Gasteiger partial charge in [0, 0.05) is 12.7 Å². The molecule has 8 heteroatoms. The highest BCUT2D eigenvalue weighted by atomic mass is 19.4. The van der Waals surface area contributed by atoms with Gasteiger partial charge in [0.25, 0.3) is 11.8 Å². The van der Waals surface area contributed by atoms with Crippen LogP contribution in [0.2, 0.25) is 0 Å².